The first-order valence-electron chi connectivity index (χ1n) is 6.29. The molecule has 3 rings (SSSR count). The molecule has 0 nitrogen and oxygen atoms in total. The van der Waals surface area contributed by atoms with Gasteiger partial charge in [-0.05, 0) is 61.2 Å². The Kier molecular flexibility index (Phi) is 1.70. The van der Waals surface area contributed by atoms with Gasteiger partial charge in [0.15, 0.2) is 0 Å². The molecule has 14 heavy (non-hydrogen) atoms. The third kappa shape index (κ3) is 0.951. The highest BCUT2D eigenvalue weighted by Crippen LogP contribution is 2.71. The largest absolute Gasteiger partial charge is 0.0914 e. The van der Waals surface area contributed by atoms with Crippen molar-refractivity contribution in [3.8, 4) is 0 Å². The standard InChI is InChI=1S/C14H22/c1-4-5-10-11-8-9-6-7-12(9)14(2,3)13(10)11/h4-5,9-13H,6-8H2,1-3H3/b5-4-/t9?,10?,11?,12?,13-/m0/s1. The zero-order chi connectivity index (χ0) is 9.92. The van der Waals surface area contributed by atoms with Crippen molar-refractivity contribution in [2.75, 3.05) is 0 Å². The molecule has 5 atom stereocenters. The lowest BCUT2D eigenvalue weighted by molar-refractivity contribution is -0.0153. The molecule has 0 spiro atoms. The summed E-state index contributed by atoms with van der Waals surface area (Å²) in [7, 11) is 0. The molecule has 0 amide bonds. The Hall–Kier alpha value is -0.260. The maximum absolute atomic E-state index is 2.53. The first-order chi connectivity index (χ1) is 6.66. The van der Waals surface area contributed by atoms with Crippen molar-refractivity contribution in [3.63, 3.8) is 0 Å². The highest BCUT2D eigenvalue weighted by atomic mass is 14.7. The van der Waals surface area contributed by atoms with Gasteiger partial charge in [0.1, 0.15) is 0 Å². The van der Waals surface area contributed by atoms with E-state index in [0.717, 1.165) is 29.6 Å². The summed E-state index contributed by atoms with van der Waals surface area (Å²) in [5.74, 6) is 5.20. The summed E-state index contributed by atoms with van der Waals surface area (Å²) in [4.78, 5) is 0. The molecule has 4 unspecified atom stereocenters. The molecule has 3 aliphatic carbocycles. The van der Waals surface area contributed by atoms with Crippen molar-refractivity contribution in [2.24, 2.45) is 35.0 Å². The summed E-state index contributed by atoms with van der Waals surface area (Å²) < 4.78 is 0. The molecule has 3 fully saturated rings. The lowest BCUT2D eigenvalue weighted by Crippen LogP contribution is -2.43. The molecule has 0 saturated heterocycles. The molecular weight excluding hydrogens is 168 g/mol. The summed E-state index contributed by atoms with van der Waals surface area (Å²) in [5.41, 5.74) is 0.649. The number of rotatable bonds is 1. The predicted molar refractivity (Wildman–Crippen MR) is 59.9 cm³/mol. The molecule has 0 radical (unpaired) electrons. The Morgan fingerprint density at radius 3 is 2.57 bits per heavy atom. The first-order valence-corrected chi connectivity index (χ1v) is 6.29. The van der Waals surface area contributed by atoms with Gasteiger partial charge in [-0.25, -0.2) is 0 Å². The summed E-state index contributed by atoms with van der Waals surface area (Å²) >= 11 is 0. The molecule has 3 saturated carbocycles. The second-order valence-corrected chi connectivity index (χ2v) is 6.29. The molecule has 0 aromatic carbocycles. The van der Waals surface area contributed by atoms with E-state index in [1.54, 1.807) is 6.42 Å². The summed E-state index contributed by atoms with van der Waals surface area (Å²) in [6.45, 7) is 7.24. The molecule has 78 valence electrons. The van der Waals surface area contributed by atoms with Gasteiger partial charge in [0, 0.05) is 0 Å². The minimum absolute atomic E-state index is 0.649. The van der Waals surface area contributed by atoms with Gasteiger partial charge >= 0.3 is 0 Å². The normalized spacial score (nSPS) is 53.5. The first kappa shape index (κ1) is 9.00. The van der Waals surface area contributed by atoms with E-state index in [-0.39, 0.29) is 0 Å². The van der Waals surface area contributed by atoms with Crippen LogP contribution < -0.4 is 0 Å². The topological polar surface area (TPSA) is 0 Å². The second-order valence-electron chi connectivity index (χ2n) is 6.29. The van der Waals surface area contributed by atoms with Crippen LogP contribution in [0, 0.1) is 35.0 Å². The van der Waals surface area contributed by atoms with E-state index in [9.17, 15) is 0 Å². The van der Waals surface area contributed by atoms with Crippen LogP contribution in [0.15, 0.2) is 12.2 Å². The van der Waals surface area contributed by atoms with Crippen molar-refractivity contribution in [3.05, 3.63) is 12.2 Å². The van der Waals surface area contributed by atoms with Gasteiger partial charge in [-0.2, -0.15) is 0 Å². The van der Waals surface area contributed by atoms with Gasteiger partial charge in [-0.3, -0.25) is 0 Å². The number of hydrogen-bond acceptors (Lipinski definition) is 0. The molecule has 0 heteroatoms. The summed E-state index contributed by atoms with van der Waals surface area (Å²) in [6.07, 6.45) is 9.33. The van der Waals surface area contributed by atoms with Gasteiger partial charge in [0.2, 0.25) is 0 Å². The molecule has 0 aromatic rings. The van der Waals surface area contributed by atoms with E-state index < -0.39 is 0 Å². The van der Waals surface area contributed by atoms with Crippen molar-refractivity contribution < 1.29 is 0 Å². The maximum atomic E-state index is 2.53. The average Bonchev–Trinajstić information content (AvgIpc) is 2.71. The minimum atomic E-state index is 0.649. The SMILES string of the molecule is C/C=C\C1C2CC3CCC3C(C)(C)[C@@H]12. The average molecular weight is 190 g/mol. The number of hydrogen-bond donors (Lipinski definition) is 0. The van der Waals surface area contributed by atoms with Gasteiger partial charge in [0.05, 0.1) is 0 Å². The monoisotopic (exact) mass is 190 g/mol. The number of allylic oxidation sites excluding steroid dienone is 2. The Morgan fingerprint density at radius 1 is 1.21 bits per heavy atom. The molecule has 0 N–H and O–H groups in total. The molecule has 0 heterocycles. The Balaban J connectivity index is 1.84. The minimum Gasteiger partial charge on any atom is -0.0914 e. The second kappa shape index (κ2) is 2.65. The quantitative estimate of drug-likeness (QED) is 0.550. The number of fused-ring (bicyclic) bond motifs is 2. The van der Waals surface area contributed by atoms with Crippen LogP contribution in [-0.4, -0.2) is 0 Å². The van der Waals surface area contributed by atoms with Crippen molar-refractivity contribution in [2.45, 2.75) is 40.0 Å². The van der Waals surface area contributed by atoms with E-state index in [0.29, 0.717) is 5.41 Å². The molecule has 0 bridgehead atoms. The smallest absolute Gasteiger partial charge is 0.0166 e. The Bertz CT molecular complexity index is 274. The zero-order valence-corrected chi connectivity index (χ0v) is 9.66. The van der Waals surface area contributed by atoms with Gasteiger partial charge in [-0.15, -0.1) is 0 Å². The van der Waals surface area contributed by atoms with Crippen LogP contribution in [0.4, 0.5) is 0 Å². The van der Waals surface area contributed by atoms with Gasteiger partial charge in [0.25, 0.3) is 0 Å². The van der Waals surface area contributed by atoms with E-state index >= 15 is 0 Å². The lowest BCUT2D eigenvalue weighted by atomic mass is 9.54. The third-order valence-electron chi connectivity index (χ3n) is 5.45. The highest BCUT2D eigenvalue weighted by molar-refractivity contribution is 5.18. The zero-order valence-electron chi connectivity index (χ0n) is 9.66. The van der Waals surface area contributed by atoms with Crippen LogP contribution in [0.25, 0.3) is 0 Å². The molecule has 3 aliphatic rings. The van der Waals surface area contributed by atoms with E-state index in [1.165, 1.54) is 12.8 Å². The van der Waals surface area contributed by atoms with E-state index in [1.807, 2.05) is 0 Å². The molecule has 0 aromatic heterocycles. The Labute approximate surface area is 87.8 Å². The highest BCUT2D eigenvalue weighted by Gasteiger charge is 2.64. The molecular formula is C14H22. The van der Waals surface area contributed by atoms with Crippen LogP contribution >= 0.6 is 0 Å². The molecule has 0 aliphatic heterocycles. The van der Waals surface area contributed by atoms with Crippen LogP contribution in [0.3, 0.4) is 0 Å². The van der Waals surface area contributed by atoms with E-state index in [4.69, 9.17) is 0 Å². The van der Waals surface area contributed by atoms with E-state index in [2.05, 4.69) is 32.9 Å². The maximum Gasteiger partial charge on any atom is -0.0166 e. The summed E-state index contributed by atoms with van der Waals surface area (Å²) in [5, 5.41) is 0. The van der Waals surface area contributed by atoms with Crippen LogP contribution in [0.5, 0.6) is 0 Å². The fourth-order valence-corrected chi connectivity index (χ4v) is 4.66. The van der Waals surface area contributed by atoms with Gasteiger partial charge in [-0.1, -0.05) is 26.0 Å². The van der Waals surface area contributed by atoms with Crippen molar-refractivity contribution in [1.82, 2.24) is 0 Å². The van der Waals surface area contributed by atoms with Crippen LogP contribution in [-0.2, 0) is 0 Å². The van der Waals surface area contributed by atoms with Crippen LogP contribution in [0.2, 0.25) is 0 Å². The fraction of sp³-hybridized carbons (Fsp3) is 0.857. The Morgan fingerprint density at radius 2 is 2.00 bits per heavy atom. The van der Waals surface area contributed by atoms with Crippen molar-refractivity contribution >= 4 is 0 Å². The van der Waals surface area contributed by atoms with Crippen molar-refractivity contribution in [1.29, 1.82) is 0 Å². The van der Waals surface area contributed by atoms with Crippen LogP contribution in [0.1, 0.15) is 40.0 Å². The lowest BCUT2D eigenvalue weighted by Gasteiger charge is -2.51. The summed E-state index contributed by atoms with van der Waals surface area (Å²) in [6, 6.07) is 0. The fourth-order valence-electron chi connectivity index (χ4n) is 4.66. The third-order valence-corrected chi connectivity index (χ3v) is 5.45. The predicted octanol–water partition coefficient (Wildman–Crippen LogP) is 3.88. The van der Waals surface area contributed by atoms with Gasteiger partial charge < -0.3 is 0 Å².